The van der Waals surface area contributed by atoms with Crippen molar-refractivity contribution < 1.29 is 9.53 Å². The molecule has 1 aromatic heterocycles. The van der Waals surface area contributed by atoms with Gasteiger partial charge in [-0.15, -0.1) is 0 Å². The highest BCUT2D eigenvalue weighted by Crippen LogP contribution is 2.21. The molecule has 2 N–H and O–H groups in total. The van der Waals surface area contributed by atoms with Crippen LogP contribution < -0.4 is 15.4 Å². The summed E-state index contributed by atoms with van der Waals surface area (Å²) in [6.07, 6.45) is 0.115. The minimum absolute atomic E-state index is 0.115. The monoisotopic (exact) mass is 396 g/mol. The third kappa shape index (κ3) is 5.44. The summed E-state index contributed by atoms with van der Waals surface area (Å²) in [5.74, 6) is 1.47. The van der Waals surface area contributed by atoms with Gasteiger partial charge >= 0.3 is 0 Å². The Morgan fingerprint density at radius 1 is 1.04 bits per heavy atom. The van der Waals surface area contributed by atoms with Crippen LogP contribution >= 0.6 is 11.6 Å². The predicted molar refractivity (Wildman–Crippen MR) is 112 cm³/mol. The van der Waals surface area contributed by atoms with Crippen LogP contribution in [0.15, 0.2) is 54.6 Å². The minimum Gasteiger partial charge on any atom is -0.491 e. The SMILES string of the molecule is Cc1nc(Nc2ccc(OC(C)C)cc2)cc(C(=O)Nc2cccc(Cl)c2)n1. The van der Waals surface area contributed by atoms with Crippen molar-refractivity contribution in [1.29, 1.82) is 0 Å². The minimum atomic E-state index is -0.337. The summed E-state index contributed by atoms with van der Waals surface area (Å²) in [7, 11) is 0. The van der Waals surface area contributed by atoms with Crippen molar-refractivity contribution in [2.24, 2.45) is 0 Å². The summed E-state index contributed by atoms with van der Waals surface area (Å²) in [6, 6.07) is 16.1. The molecule has 3 rings (SSSR count). The van der Waals surface area contributed by atoms with Gasteiger partial charge in [0, 0.05) is 22.5 Å². The van der Waals surface area contributed by atoms with E-state index in [1.807, 2.05) is 38.1 Å². The number of benzene rings is 2. The summed E-state index contributed by atoms with van der Waals surface area (Å²) in [4.78, 5) is 21.1. The number of amides is 1. The lowest BCUT2D eigenvalue weighted by molar-refractivity contribution is 0.102. The number of nitrogens with one attached hydrogen (secondary N) is 2. The van der Waals surface area contributed by atoms with Gasteiger partial charge < -0.3 is 15.4 Å². The average Bonchev–Trinajstić information content (AvgIpc) is 2.62. The Hall–Kier alpha value is -3.12. The first-order chi connectivity index (χ1) is 13.4. The highest BCUT2D eigenvalue weighted by atomic mass is 35.5. The molecule has 0 saturated heterocycles. The fourth-order valence-electron chi connectivity index (χ4n) is 2.55. The number of hydrogen-bond acceptors (Lipinski definition) is 5. The van der Waals surface area contributed by atoms with Gasteiger partial charge in [-0.3, -0.25) is 4.79 Å². The van der Waals surface area contributed by atoms with E-state index in [0.717, 1.165) is 11.4 Å². The summed E-state index contributed by atoms with van der Waals surface area (Å²) in [5, 5.41) is 6.52. The first kappa shape index (κ1) is 19.6. The van der Waals surface area contributed by atoms with Gasteiger partial charge in [0.25, 0.3) is 5.91 Å². The van der Waals surface area contributed by atoms with Crippen LogP contribution in [0.3, 0.4) is 0 Å². The smallest absolute Gasteiger partial charge is 0.274 e. The number of halogens is 1. The number of aryl methyl sites for hydroxylation is 1. The van der Waals surface area contributed by atoms with Crippen LogP contribution in [0.5, 0.6) is 5.75 Å². The zero-order valence-electron chi connectivity index (χ0n) is 15.9. The van der Waals surface area contributed by atoms with E-state index in [-0.39, 0.29) is 17.7 Å². The van der Waals surface area contributed by atoms with Crippen molar-refractivity contribution in [1.82, 2.24) is 9.97 Å². The zero-order valence-corrected chi connectivity index (χ0v) is 16.6. The molecule has 0 aliphatic carbocycles. The molecule has 6 nitrogen and oxygen atoms in total. The highest BCUT2D eigenvalue weighted by Gasteiger charge is 2.11. The standard InChI is InChI=1S/C21H21ClN4O2/c1-13(2)28-18-9-7-16(8-10-18)25-20-12-19(23-14(3)24-20)21(27)26-17-6-4-5-15(22)11-17/h4-13H,1-3H3,(H,26,27)(H,23,24,25). The molecule has 0 spiro atoms. The normalized spacial score (nSPS) is 10.6. The summed E-state index contributed by atoms with van der Waals surface area (Å²) < 4.78 is 5.64. The summed E-state index contributed by atoms with van der Waals surface area (Å²) in [6.45, 7) is 5.69. The molecule has 0 fully saturated rings. The second-order valence-electron chi connectivity index (χ2n) is 6.47. The lowest BCUT2D eigenvalue weighted by atomic mass is 10.2. The Morgan fingerprint density at radius 2 is 1.79 bits per heavy atom. The second kappa shape index (κ2) is 8.71. The Morgan fingerprint density at radius 3 is 2.46 bits per heavy atom. The molecule has 0 aliphatic rings. The fraction of sp³-hybridized carbons (Fsp3) is 0.190. The first-order valence-electron chi connectivity index (χ1n) is 8.85. The van der Waals surface area contributed by atoms with Gasteiger partial charge in [0.1, 0.15) is 23.1 Å². The van der Waals surface area contributed by atoms with Gasteiger partial charge in [0.2, 0.25) is 0 Å². The molecular formula is C21H21ClN4O2. The molecule has 0 saturated carbocycles. The molecule has 2 aromatic carbocycles. The van der Waals surface area contributed by atoms with Crippen molar-refractivity contribution in [2.45, 2.75) is 26.9 Å². The maximum Gasteiger partial charge on any atom is 0.274 e. The maximum atomic E-state index is 12.5. The zero-order chi connectivity index (χ0) is 20.1. The van der Waals surface area contributed by atoms with Crippen LogP contribution in [0.1, 0.15) is 30.2 Å². The molecule has 0 atom stereocenters. The number of nitrogens with zero attached hydrogens (tertiary/aromatic N) is 2. The molecule has 0 radical (unpaired) electrons. The van der Waals surface area contributed by atoms with E-state index in [4.69, 9.17) is 16.3 Å². The molecule has 3 aromatic rings. The number of anilines is 3. The van der Waals surface area contributed by atoms with E-state index in [9.17, 15) is 4.79 Å². The number of rotatable bonds is 6. The van der Waals surface area contributed by atoms with Crippen molar-refractivity contribution in [2.75, 3.05) is 10.6 Å². The van der Waals surface area contributed by atoms with E-state index < -0.39 is 0 Å². The Balaban J connectivity index is 1.74. The average molecular weight is 397 g/mol. The van der Waals surface area contributed by atoms with Gasteiger partial charge in [-0.2, -0.15) is 0 Å². The molecule has 7 heteroatoms. The van der Waals surface area contributed by atoms with Gasteiger partial charge in [-0.25, -0.2) is 9.97 Å². The number of carbonyl (C=O) groups excluding carboxylic acids is 1. The number of aromatic nitrogens is 2. The molecule has 1 heterocycles. The number of carbonyl (C=O) groups is 1. The highest BCUT2D eigenvalue weighted by molar-refractivity contribution is 6.30. The number of hydrogen-bond donors (Lipinski definition) is 2. The third-order valence-corrected chi connectivity index (χ3v) is 3.89. The van der Waals surface area contributed by atoms with Crippen LogP contribution in [0.4, 0.5) is 17.2 Å². The predicted octanol–water partition coefficient (Wildman–Crippen LogP) is 5.22. The molecule has 0 aliphatic heterocycles. The second-order valence-corrected chi connectivity index (χ2v) is 6.90. The topological polar surface area (TPSA) is 76.1 Å². The molecule has 0 bridgehead atoms. The van der Waals surface area contributed by atoms with Crippen LogP contribution in [-0.4, -0.2) is 22.0 Å². The van der Waals surface area contributed by atoms with Gasteiger partial charge in [-0.1, -0.05) is 17.7 Å². The van der Waals surface area contributed by atoms with E-state index in [1.165, 1.54) is 0 Å². The van der Waals surface area contributed by atoms with Crippen LogP contribution in [0, 0.1) is 6.92 Å². The third-order valence-electron chi connectivity index (χ3n) is 3.65. The van der Waals surface area contributed by atoms with E-state index in [1.54, 1.807) is 37.3 Å². The van der Waals surface area contributed by atoms with Crippen molar-refractivity contribution in [3.63, 3.8) is 0 Å². The summed E-state index contributed by atoms with van der Waals surface area (Å²) >= 11 is 5.96. The molecule has 144 valence electrons. The first-order valence-corrected chi connectivity index (χ1v) is 9.23. The molecular weight excluding hydrogens is 376 g/mol. The van der Waals surface area contributed by atoms with Gasteiger partial charge in [-0.05, 0) is 63.2 Å². The van der Waals surface area contributed by atoms with E-state index in [0.29, 0.717) is 22.4 Å². The Bertz CT molecular complexity index is 974. The quantitative estimate of drug-likeness (QED) is 0.597. The fourth-order valence-corrected chi connectivity index (χ4v) is 2.74. The lowest BCUT2D eigenvalue weighted by Crippen LogP contribution is -2.15. The van der Waals surface area contributed by atoms with Crippen LogP contribution in [0.2, 0.25) is 5.02 Å². The lowest BCUT2D eigenvalue weighted by Gasteiger charge is -2.12. The Labute approximate surface area is 168 Å². The van der Waals surface area contributed by atoms with Crippen molar-refractivity contribution >= 4 is 34.7 Å². The molecule has 0 unspecified atom stereocenters. The van der Waals surface area contributed by atoms with Gasteiger partial charge in [0.15, 0.2) is 0 Å². The van der Waals surface area contributed by atoms with Crippen LogP contribution in [0.25, 0.3) is 0 Å². The van der Waals surface area contributed by atoms with Crippen molar-refractivity contribution in [3.8, 4) is 5.75 Å². The molecule has 1 amide bonds. The molecule has 28 heavy (non-hydrogen) atoms. The van der Waals surface area contributed by atoms with Crippen LogP contribution in [-0.2, 0) is 0 Å². The summed E-state index contributed by atoms with van der Waals surface area (Å²) in [5.41, 5.74) is 1.69. The Kier molecular flexibility index (Phi) is 6.11. The largest absolute Gasteiger partial charge is 0.491 e. The van der Waals surface area contributed by atoms with E-state index >= 15 is 0 Å². The maximum absolute atomic E-state index is 12.5. The van der Waals surface area contributed by atoms with Gasteiger partial charge in [0.05, 0.1) is 6.10 Å². The van der Waals surface area contributed by atoms with Crippen molar-refractivity contribution in [3.05, 3.63) is 71.1 Å². The van der Waals surface area contributed by atoms with E-state index in [2.05, 4.69) is 20.6 Å². The number of ether oxygens (including phenoxy) is 1.